The Morgan fingerprint density at radius 2 is 2.25 bits per heavy atom. The molecule has 5 rings (SSSR count). The zero-order valence-electron chi connectivity index (χ0n) is 15.6. The molecule has 8 nitrogen and oxygen atoms in total. The normalized spacial score (nSPS) is 18.8. The first-order chi connectivity index (χ1) is 13.8. The van der Waals surface area contributed by atoms with Gasteiger partial charge >= 0.3 is 0 Å². The maximum atomic E-state index is 5.91. The van der Waals surface area contributed by atoms with Gasteiger partial charge in [-0.25, -0.2) is 0 Å². The highest BCUT2D eigenvalue weighted by molar-refractivity contribution is 6.10. The van der Waals surface area contributed by atoms with E-state index in [1.165, 1.54) is 0 Å². The summed E-state index contributed by atoms with van der Waals surface area (Å²) in [5.41, 5.74) is 3.97. The molecule has 1 atom stereocenters. The van der Waals surface area contributed by atoms with E-state index in [9.17, 15) is 0 Å². The number of fused-ring (bicyclic) bond motifs is 2. The zero-order chi connectivity index (χ0) is 18.9. The van der Waals surface area contributed by atoms with Crippen molar-refractivity contribution in [2.75, 3.05) is 31.7 Å². The van der Waals surface area contributed by atoms with Crippen molar-refractivity contribution in [1.29, 1.82) is 0 Å². The number of aryl methyl sites for hydroxylation is 1. The Morgan fingerprint density at radius 1 is 1.29 bits per heavy atom. The SMILES string of the molecule is Cn1nc(OCC2COCCO2)c2ccc(NC3=NCc4ncccc43)cc21. The summed E-state index contributed by atoms with van der Waals surface area (Å²) in [6.45, 7) is 2.83. The maximum Gasteiger partial charge on any atom is 0.240 e. The average molecular weight is 379 g/mol. The van der Waals surface area contributed by atoms with Crippen LogP contribution >= 0.6 is 0 Å². The number of hydrogen-bond acceptors (Lipinski definition) is 7. The Bertz CT molecular complexity index is 1040. The molecule has 28 heavy (non-hydrogen) atoms. The number of amidine groups is 1. The Labute approximate surface area is 162 Å². The fourth-order valence-corrected chi connectivity index (χ4v) is 3.48. The van der Waals surface area contributed by atoms with Gasteiger partial charge in [-0.15, -0.1) is 5.10 Å². The summed E-state index contributed by atoms with van der Waals surface area (Å²) in [5.74, 6) is 1.45. The molecule has 1 unspecified atom stereocenters. The monoisotopic (exact) mass is 379 g/mol. The number of benzene rings is 1. The number of nitrogens with one attached hydrogen (secondary N) is 1. The van der Waals surface area contributed by atoms with Gasteiger partial charge in [0.15, 0.2) is 0 Å². The third-order valence-corrected chi connectivity index (χ3v) is 4.90. The van der Waals surface area contributed by atoms with Crippen LogP contribution in [0.2, 0.25) is 0 Å². The van der Waals surface area contributed by atoms with Crippen LogP contribution in [0.4, 0.5) is 5.69 Å². The van der Waals surface area contributed by atoms with Gasteiger partial charge in [-0.3, -0.25) is 14.7 Å². The molecule has 0 bridgehead atoms. The van der Waals surface area contributed by atoms with Crippen LogP contribution in [0.1, 0.15) is 11.3 Å². The second kappa shape index (κ2) is 7.21. The molecule has 3 aromatic rings. The van der Waals surface area contributed by atoms with Gasteiger partial charge in [0.2, 0.25) is 5.88 Å². The molecule has 1 saturated heterocycles. The number of anilines is 1. The van der Waals surface area contributed by atoms with Gasteiger partial charge in [-0.05, 0) is 30.3 Å². The first-order valence-electron chi connectivity index (χ1n) is 9.32. The number of nitrogens with zero attached hydrogens (tertiary/aromatic N) is 4. The Kier molecular flexibility index (Phi) is 4.42. The topological polar surface area (TPSA) is 82.8 Å². The lowest BCUT2D eigenvalue weighted by atomic mass is 10.2. The fourth-order valence-electron chi connectivity index (χ4n) is 3.48. The van der Waals surface area contributed by atoms with Crippen molar-refractivity contribution in [2.45, 2.75) is 12.6 Å². The minimum atomic E-state index is -0.0548. The number of hydrogen-bond donors (Lipinski definition) is 1. The zero-order valence-corrected chi connectivity index (χ0v) is 15.6. The van der Waals surface area contributed by atoms with Crippen LogP contribution in [0.3, 0.4) is 0 Å². The summed E-state index contributed by atoms with van der Waals surface area (Å²) in [6, 6.07) is 10.0. The molecular weight excluding hydrogens is 358 g/mol. The van der Waals surface area contributed by atoms with E-state index in [1.54, 1.807) is 6.20 Å². The summed E-state index contributed by atoms with van der Waals surface area (Å²) in [4.78, 5) is 8.93. The molecule has 4 heterocycles. The smallest absolute Gasteiger partial charge is 0.240 e. The number of pyridine rings is 1. The van der Waals surface area contributed by atoms with E-state index in [4.69, 9.17) is 14.2 Å². The Morgan fingerprint density at radius 3 is 3.14 bits per heavy atom. The lowest BCUT2D eigenvalue weighted by molar-refractivity contribution is -0.101. The van der Waals surface area contributed by atoms with Crippen LogP contribution < -0.4 is 10.1 Å². The van der Waals surface area contributed by atoms with E-state index < -0.39 is 0 Å². The third kappa shape index (κ3) is 3.21. The number of aromatic nitrogens is 3. The van der Waals surface area contributed by atoms with E-state index in [0.717, 1.165) is 33.7 Å². The number of rotatable bonds is 4. The molecule has 1 aromatic carbocycles. The molecule has 0 spiro atoms. The van der Waals surface area contributed by atoms with Crippen LogP contribution in [0.5, 0.6) is 5.88 Å². The Balaban J connectivity index is 1.34. The molecule has 2 aliphatic heterocycles. The predicted molar refractivity (Wildman–Crippen MR) is 105 cm³/mol. The summed E-state index contributed by atoms with van der Waals surface area (Å²) >= 11 is 0. The number of ether oxygens (including phenoxy) is 3. The highest BCUT2D eigenvalue weighted by atomic mass is 16.6. The molecule has 0 amide bonds. The summed E-state index contributed by atoms with van der Waals surface area (Å²) in [6.07, 6.45) is 1.74. The largest absolute Gasteiger partial charge is 0.473 e. The number of aliphatic imine (C=N–C) groups is 1. The van der Waals surface area contributed by atoms with E-state index in [0.29, 0.717) is 38.9 Å². The van der Waals surface area contributed by atoms with Gasteiger partial charge < -0.3 is 19.5 Å². The molecule has 2 aromatic heterocycles. The molecule has 0 radical (unpaired) electrons. The quantitative estimate of drug-likeness (QED) is 0.748. The lowest BCUT2D eigenvalue weighted by Gasteiger charge is -2.22. The van der Waals surface area contributed by atoms with Crippen LogP contribution in [-0.2, 0) is 23.1 Å². The van der Waals surface area contributed by atoms with E-state index in [1.807, 2.05) is 42.1 Å². The standard InChI is InChI=1S/C20H21N5O3/c1-25-18-9-13(23-19-15-3-2-6-21-17(15)10-22-19)4-5-16(18)20(24-25)28-12-14-11-26-7-8-27-14/h2-6,9,14H,7-8,10-12H2,1H3,(H,22,23). The molecular formula is C20H21N5O3. The van der Waals surface area contributed by atoms with Crippen molar-refractivity contribution >= 4 is 22.4 Å². The molecule has 0 saturated carbocycles. The van der Waals surface area contributed by atoms with Crippen molar-refractivity contribution in [3.63, 3.8) is 0 Å². The second-order valence-corrected chi connectivity index (χ2v) is 6.83. The highest BCUT2D eigenvalue weighted by Crippen LogP contribution is 2.28. The summed E-state index contributed by atoms with van der Waals surface area (Å²) in [5, 5.41) is 8.87. The molecule has 0 aliphatic carbocycles. The van der Waals surface area contributed by atoms with E-state index in [-0.39, 0.29) is 6.10 Å². The van der Waals surface area contributed by atoms with Gasteiger partial charge in [-0.1, -0.05) is 0 Å². The maximum absolute atomic E-state index is 5.91. The van der Waals surface area contributed by atoms with Gasteiger partial charge in [0.05, 0.1) is 43.0 Å². The van der Waals surface area contributed by atoms with Crippen molar-refractivity contribution in [3.8, 4) is 5.88 Å². The van der Waals surface area contributed by atoms with Gasteiger partial charge in [-0.2, -0.15) is 0 Å². The highest BCUT2D eigenvalue weighted by Gasteiger charge is 2.19. The van der Waals surface area contributed by atoms with Crippen LogP contribution in [0, 0.1) is 0 Å². The predicted octanol–water partition coefficient (Wildman–Crippen LogP) is 2.13. The van der Waals surface area contributed by atoms with Gasteiger partial charge in [0.1, 0.15) is 18.5 Å². The average Bonchev–Trinajstić information content (AvgIpc) is 3.28. The molecule has 1 fully saturated rings. The first kappa shape index (κ1) is 17.2. The minimum absolute atomic E-state index is 0.0548. The second-order valence-electron chi connectivity index (χ2n) is 6.83. The van der Waals surface area contributed by atoms with Gasteiger partial charge in [0, 0.05) is 24.5 Å². The molecule has 8 heteroatoms. The van der Waals surface area contributed by atoms with E-state index in [2.05, 4.69) is 20.4 Å². The molecule has 144 valence electrons. The van der Waals surface area contributed by atoms with Crippen LogP contribution in [-0.4, -0.2) is 53.1 Å². The van der Waals surface area contributed by atoms with Crippen LogP contribution in [0.25, 0.3) is 10.9 Å². The summed E-state index contributed by atoms with van der Waals surface area (Å²) in [7, 11) is 1.91. The van der Waals surface area contributed by atoms with Crippen molar-refractivity contribution < 1.29 is 14.2 Å². The Hall–Kier alpha value is -2.97. The molecule has 1 N–H and O–H groups in total. The summed E-state index contributed by atoms with van der Waals surface area (Å²) < 4.78 is 18.8. The van der Waals surface area contributed by atoms with Crippen molar-refractivity contribution in [3.05, 3.63) is 47.8 Å². The van der Waals surface area contributed by atoms with Crippen LogP contribution in [0.15, 0.2) is 41.5 Å². The van der Waals surface area contributed by atoms with Crippen molar-refractivity contribution in [2.24, 2.45) is 12.0 Å². The lowest BCUT2D eigenvalue weighted by Crippen LogP contribution is -2.33. The molecule has 2 aliphatic rings. The first-order valence-corrected chi connectivity index (χ1v) is 9.32. The minimum Gasteiger partial charge on any atom is -0.473 e. The fraction of sp³-hybridized carbons (Fsp3) is 0.350. The van der Waals surface area contributed by atoms with Gasteiger partial charge in [0.25, 0.3) is 0 Å². The van der Waals surface area contributed by atoms with E-state index >= 15 is 0 Å². The van der Waals surface area contributed by atoms with Crippen molar-refractivity contribution in [1.82, 2.24) is 14.8 Å². The third-order valence-electron chi connectivity index (χ3n) is 4.90.